The zero-order chi connectivity index (χ0) is 17.3. The first-order valence-corrected chi connectivity index (χ1v) is 9.28. The van der Waals surface area contributed by atoms with Gasteiger partial charge in [0.2, 0.25) is 0 Å². The Morgan fingerprint density at radius 3 is 2.54 bits per heavy atom. The van der Waals surface area contributed by atoms with Crippen LogP contribution in [0.2, 0.25) is 0 Å². The first kappa shape index (κ1) is 23.6. The zero-order valence-electron chi connectivity index (χ0n) is 16.0. The molecule has 0 aliphatic rings. The maximum absolute atomic E-state index is 4.74. The summed E-state index contributed by atoms with van der Waals surface area (Å²) in [6.45, 7) is 12.3. The van der Waals surface area contributed by atoms with E-state index in [9.17, 15) is 0 Å². The number of guanidine groups is 1. The molecule has 2 N–H and O–H groups in total. The van der Waals surface area contributed by atoms with E-state index in [4.69, 9.17) is 4.99 Å². The Kier molecular flexibility index (Phi) is 11.8. The molecule has 7 heteroatoms. The molecule has 1 aromatic rings. The van der Waals surface area contributed by atoms with Crippen molar-refractivity contribution in [3.63, 3.8) is 0 Å². The van der Waals surface area contributed by atoms with Gasteiger partial charge in [0.05, 0.1) is 5.01 Å². The molecular formula is C17H34IN5S. The fourth-order valence-corrected chi connectivity index (χ4v) is 3.32. The molecule has 0 radical (unpaired) electrons. The average molecular weight is 467 g/mol. The number of hydrogen-bond acceptors (Lipinski definition) is 4. The fourth-order valence-electron chi connectivity index (χ4n) is 2.46. The number of rotatable bonds is 9. The largest absolute Gasteiger partial charge is 0.357 e. The maximum Gasteiger partial charge on any atom is 0.191 e. The molecule has 0 aliphatic heterocycles. The molecule has 0 saturated heterocycles. The van der Waals surface area contributed by atoms with Crippen LogP contribution < -0.4 is 10.6 Å². The third-order valence-corrected chi connectivity index (χ3v) is 4.54. The molecule has 0 spiro atoms. The Balaban J connectivity index is 0.00000529. The van der Waals surface area contributed by atoms with Gasteiger partial charge in [-0.3, -0.25) is 4.99 Å². The van der Waals surface area contributed by atoms with Crippen LogP contribution in [0.15, 0.2) is 11.2 Å². The molecule has 0 amide bonds. The lowest BCUT2D eigenvalue weighted by atomic mass is 9.93. The van der Waals surface area contributed by atoms with Crippen molar-refractivity contribution in [2.24, 2.45) is 10.4 Å². The van der Waals surface area contributed by atoms with Crippen LogP contribution in [-0.2, 0) is 12.8 Å². The van der Waals surface area contributed by atoms with E-state index in [1.54, 1.807) is 11.3 Å². The van der Waals surface area contributed by atoms with Crippen molar-refractivity contribution in [1.82, 2.24) is 20.5 Å². The summed E-state index contributed by atoms with van der Waals surface area (Å²) in [6, 6.07) is 0. The fraction of sp³-hybridized carbons (Fsp3) is 0.765. The SMILES string of the molecule is CCNC(=NCC(C)(C)CN(C)C)NCCc1ncc(CC)s1.I. The van der Waals surface area contributed by atoms with Gasteiger partial charge in [0.15, 0.2) is 5.96 Å². The standard InChI is InChI=1S/C17H33N5S.HI/c1-7-14-11-20-15(23-14)9-10-19-16(18-8-2)21-12-17(3,4)13-22(5)6;/h11H,7-10,12-13H2,1-6H3,(H2,18,19,21);1H. The van der Waals surface area contributed by atoms with E-state index in [1.165, 1.54) is 9.88 Å². The third-order valence-electron chi connectivity index (χ3n) is 3.33. The van der Waals surface area contributed by atoms with E-state index in [1.807, 2.05) is 6.20 Å². The molecule has 0 aromatic carbocycles. The molecule has 1 aromatic heterocycles. The van der Waals surface area contributed by atoms with E-state index in [0.29, 0.717) is 0 Å². The molecule has 0 fully saturated rings. The Hall–Kier alpha value is -0.410. The summed E-state index contributed by atoms with van der Waals surface area (Å²) >= 11 is 1.81. The molecule has 5 nitrogen and oxygen atoms in total. The van der Waals surface area contributed by atoms with Gasteiger partial charge in [-0.2, -0.15) is 0 Å². The monoisotopic (exact) mass is 467 g/mol. The van der Waals surface area contributed by atoms with Gasteiger partial charge in [-0.05, 0) is 32.9 Å². The molecule has 140 valence electrons. The minimum absolute atomic E-state index is 0. The number of nitrogens with zero attached hydrogens (tertiary/aromatic N) is 3. The van der Waals surface area contributed by atoms with Crippen LogP contribution in [0.25, 0.3) is 0 Å². The summed E-state index contributed by atoms with van der Waals surface area (Å²) in [5, 5.41) is 7.93. The van der Waals surface area contributed by atoms with E-state index in [0.717, 1.165) is 45.0 Å². The van der Waals surface area contributed by atoms with E-state index < -0.39 is 0 Å². The smallest absolute Gasteiger partial charge is 0.191 e. The second-order valence-electron chi connectivity index (χ2n) is 6.85. The molecule has 1 heterocycles. The van der Waals surface area contributed by atoms with Gasteiger partial charge in [0.25, 0.3) is 0 Å². The number of nitrogens with one attached hydrogen (secondary N) is 2. The second-order valence-corrected chi connectivity index (χ2v) is 8.05. The van der Waals surface area contributed by atoms with Crippen LogP contribution >= 0.6 is 35.3 Å². The normalized spacial score (nSPS) is 12.2. The quantitative estimate of drug-likeness (QED) is 0.333. The predicted molar refractivity (Wildman–Crippen MR) is 117 cm³/mol. The van der Waals surface area contributed by atoms with E-state index >= 15 is 0 Å². The molecular weight excluding hydrogens is 433 g/mol. The first-order valence-electron chi connectivity index (χ1n) is 8.46. The summed E-state index contributed by atoms with van der Waals surface area (Å²) in [5.74, 6) is 0.895. The Morgan fingerprint density at radius 1 is 1.29 bits per heavy atom. The predicted octanol–water partition coefficient (Wildman–Crippen LogP) is 3.01. The third kappa shape index (κ3) is 9.78. The van der Waals surface area contributed by atoms with Crippen LogP contribution in [0.3, 0.4) is 0 Å². The van der Waals surface area contributed by atoms with Gasteiger partial charge in [-0.15, -0.1) is 35.3 Å². The molecule has 24 heavy (non-hydrogen) atoms. The highest BCUT2D eigenvalue weighted by atomic mass is 127. The highest BCUT2D eigenvalue weighted by Gasteiger charge is 2.18. The van der Waals surface area contributed by atoms with Gasteiger partial charge in [0.1, 0.15) is 0 Å². The van der Waals surface area contributed by atoms with Gasteiger partial charge in [-0.1, -0.05) is 20.8 Å². The number of halogens is 1. The lowest BCUT2D eigenvalue weighted by Crippen LogP contribution is -2.40. The number of aliphatic imine (C=N–C) groups is 1. The summed E-state index contributed by atoms with van der Waals surface area (Å²) in [7, 11) is 4.21. The molecule has 1 rings (SSSR count). The number of aryl methyl sites for hydroxylation is 1. The molecule has 0 bridgehead atoms. The summed E-state index contributed by atoms with van der Waals surface area (Å²) in [4.78, 5) is 12.8. The Labute approximate surface area is 168 Å². The van der Waals surface area contributed by atoms with Crippen molar-refractivity contribution in [2.75, 3.05) is 40.3 Å². The van der Waals surface area contributed by atoms with E-state index in [-0.39, 0.29) is 29.4 Å². The number of hydrogen-bond donors (Lipinski definition) is 2. The second kappa shape index (κ2) is 12.0. The van der Waals surface area contributed by atoms with Crippen molar-refractivity contribution in [1.29, 1.82) is 0 Å². The highest BCUT2D eigenvalue weighted by Crippen LogP contribution is 2.16. The van der Waals surface area contributed by atoms with Crippen LogP contribution in [-0.4, -0.2) is 56.1 Å². The minimum atomic E-state index is 0. The Bertz CT molecular complexity index is 485. The topological polar surface area (TPSA) is 52.6 Å². The van der Waals surface area contributed by atoms with Crippen molar-refractivity contribution in [3.05, 3.63) is 16.1 Å². The van der Waals surface area contributed by atoms with Crippen molar-refractivity contribution < 1.29 is 0 Å². The summed E-state index contributed by atoms with van der Waals surface area (Å²) in [6.07, 6.45) is 4.00. The summed E-state index contributed by atoms with van der Waals surface area (Å²) in [5.41, 5.74) is 0.164. The first-order chi connectivity index (χ1) is 10.9. The van der Waals surface area contributed by atoms with Crippen molar-refractivity contribution >= 4 is 41.3 Å². The van der Waals surface area contributed by atoms with Crippen molar-refractivity contribution in [3.8, 4) is 0 Å². The van der Waals surface area contributed by atoms with Crippen LogP contribution in [0.5, 0.6) is 0 Å². The van der Waals surface area contributed by atoms with Gasteiger partial charge in [-0.25, -0.2) is 4.98 Å². The highest BCUT2D eigenvalue weighted by molar-refractivity contribution is 14.0. The molecule has 0 saturated carbocycles. The van der Waals surface area contributed by atoms with Crippen LogP contribution in [0, 0.1) is 5.41 Å². The summed E-state index contributed by atoms with van der Waals surface area (Å²) < 4.78 is 0. The lowest BCUT2D eigenvalue weighted by Gasteiger charge is -2.26. The molecule has 0 atom stereocenters. The molecule has 0 aliphatic carbocycles. The van der Waals surface area contributed by atoms with Crippen LogP contribution in [0.1, 0.15) is 37.6 Å². The van der Waals surface area contributed by atoms with Gasteiger partial charge < -0.3 is 15.5 Å². The molecule has 0 unspecified atom stereocenters. The van der Waals surface area contributed by atoms with Gasteiger partial charge in [0, 0.05) is 43.7 Å². The van der Waals surface area contributed by atoms with Crippen LogP contribution in [0.4, 0.5) is 0 Å². The Morgan fingerprint density at radius 2 is 2.00 bits per heavy atom. The van der Waals surface area contributed by atoms with Gasteiger partial charge >= 0.3 is 0 Å². The number of aromatic nitrogens is 1. The van der Waals surface area contributed by atoms with E-state index in [2.05, 4.69) is 62.3 Å². The lowest BCUT2D eigenvalue weighted by molar-refractivity contribution is 0.248. The van der Waals surface area contributed by atoms with Crippen molar-refractivity contribution in [2.45, 2.75) is 40.5 Å². The number of thiazole rings is 1. The minimum Gasteiger partial charge on any atom is -0.357 e. The maximum atomic E-state index is 4.74. The zero-order valence-corrected chi connectivity index (χ0v) is 19.1. The average Bonchev–Trinajstić information content (AvgIpc) is 2.91.